The van der Waals surface area contributed by atoms with Gasteiger partial charge >= 0.3 is 0 Å². The van der Waals surface area contributed by atoms with Gasteiger partial charge in [-0.25, -0.2) is 5.43 Å². The number of carbonyl (C=O) groups is 1. The zero-order chi connectivity index (χ0) is 15.4. The molecule has 0 saturated carbocycles. The average Bonchev–Trinajstić information content (AvgIpc) is 2.92. The number of nitrogens with one attached hydrogen (secondary N) is 1. The Balaban J connectivity index is 1.65. The molecule has 0 unspecified atom stereocenters. The molecule has 4 nitrogen and oxygen atoms in total. The van der Waals surface area contributed by atoms with Crippen molar-refractivity contribution in [2.45, 2.75) is 6.42 Å². The molecule has 0 spiro atoms. The molecule has 0 aliphatic heterocycles. The molecule has 1 aromatic heterocycles. The fraction of sp³-hybridized carbons (Fsp3) is 0.0625. The lowest BCUT2D eigenvalue weighted by Crippen LogP contribution is -2.20. The van der Waals surface area contributed by atoms with E-state index >= 15 is 0 Å². The predicted octanol–water partition coefficient (Wildman–Crippen LogP) is 3.64. The number of hydrazone groups is 1. The van der Waals surface area contributed by atoms with Crippen LogP contribution in [0.5, 0.6) is 0 Å². The van der Waals surface area contributed by atoms with Crippen molar-refractivity contribution in [3.05, 3.63) is 64.8 Å². The van der Waals surface area contributed by atoms with Crippen molar-refractivity contribution in [2.24, 2.45) is 5.10 Å². The highest BCUT2D eigenvalue weighted by molar-refractivity contribution is 7.13. The van der Waals surface area contributed by atoms with Crippen molar-refractivity contribution < 1.29 is 4.79 Å². The molecule has 0 aliphatic carbocycles. The van der Waals surface area contributed by atoms with Gasteiger partial charge in [-0.3, -0.25) is 4.79 Å². The second-order valence-corrected chi connectivity index (χ2v) is 5.83. The van der Waals surface area contributed by atoms with E-state index in [0.29, 0.717) is 5.02 Å². The van der Waals surface area contributed by atoms with Crippen molar-refractivity contribution in [3.8, 4) is 0 Å². The number of hydrogen-bond donors (Lipinski definition) is 1. The molecule has 0 atom stereocenters. The van der Waals surface area contributed by atoms with Gasteiger partial charge in [-0.2, -0.15) is 9.47 Å². The van der Waals surface area contributed by atoms with E-state index in [1.54, 1.807) is 6.07 Å². The van der Waals surface area contributed by atoms with Crippen LogP contribution in [0, 0.1) is 0 Å². The Morgan fingerprint density at radius 2 is 2.00 bits per heavy atom. The maximum atomic E-state index is 11.9. The predicted molar refractivity (Wildman–Crippen MR) is 90.5 cm³/mol. The zero-order valence-electron chi connectivity index (χ0n) is 11.5. The third-order valence-corrected chi connectivity index (χ3v) is 4.29. The van der Waals surface area contributed by atoms with Crippen LogP contribution < -0.4 is 5.43 Å². The van der Waals surface area contributed by atoms with E-state index in [4.69, 9.17) is 11.6 Å². The summed E-state index contributed by atoms with van der Waals surface area (Å²) in [5.41, 5.74) is 4.02. The van der Waals surface area contributed by atoms with Gasteiger partial charge in [0.25, 0.3) is 0 Å². The summed E-state index contributed by atoms with van der Waals surface area (Å²) < 4.78 is 5.40. The first-order valence-electron chi connectivity index (χ1n) is 6.64. The number of carbonyl (C=O) groups excluding carboxylic acids is 1. The molecule has 0 saturated heterocycles. The van der Waals surface area contributed by atoms with E-state index in [-0.39, 0.29) is 12.3 Å². The Morgan fingerprint density at radius 3 is 2.86 bits per heavy atom. The summed E-state index contributed by atoms with van der Waals surface area (Å²) in [6, 6.07) is 15.1. The van der Waals surface area contributed by atoms with E-state index in [0.717, 1.165) is 21.3 Å². The maximum Gasteiger partial charge on any atom is 0.246 e. The van der Waals surface area contributed by atoms with Crippen LogP contribution in [0.3, 0.4) is 0 Å². The molecule has 6 heteroatoms. The van der Waals surface area contributed by atoms with E-state index in [9.17, 15) is 4.79 Å². The first kappa shape index (κ1) is 14.7. The molecule has 3 rings (SSSR count). The van der Waals surface area contributed by atoms with Crippen LogP contribution in [0.4, 0.5) is 0 Å². The molecular weight excluding hydrogens is 318 g/mol. The molecule has 0 aliphatic rings. The molecular formula is C16H12ClN3OS. The first-order valence-corrected chi connectivity index (χ1v) is 7.79. The fourth-order valence-corrected chi connectivity index (χ4v) is 2.99. The number of aromatic nitrogens is 1. The zero-order valence-corrected chi connectivity index (χ0v) is 13.1. The van der Waals surface area contributed by atoms with Gasteiger partial charge in [0.1, 0.15) is 0 Å². The highest BCUT2D eigenvalue weighted by atomic mass is 35.5. The first-order chi connectivity index (χ1) is 10.7. The summed E-state index contributed by atoms with van der Waals surface area (Å²) in [7, 11) is 0. The number of halogens is 1. The van der Waals surface area contributed by atoms with Crippen molar-refractivity contribution in [2.75, 3.05) is 0 Å². The Hall–Kier alpha value is -2.24. The fourth-order valence-electron chi connectivity index (χ4n) is 2.01. The highest BCUT2D eigenvalue weighted by Gasteiger charge is 2.09. The van der Waals surface area contributed by atoms with E-state index in [1.807, 2.05) is 42.5 Å². The normalized spacial score (nSPS) is 11.1. The van der Waals surface area contributed by atoms with Gasteiger partial charge in [0.15, 0.2) is 0 Å². The Kier molecular flexibility index (Phi) is 4.46. The smallest absolute Gasteiger partial charge is 0.246 e. The highest BCUT2D eigenvalue weighted by Crippen LogP contribution is 2.22. The standard InChI is InChI=1S/C16H12ClN3OS/c17-13-7-3-1-5-11(13)10-18-19-16(21)9-14-12-6-2-4-8-15(12)22-20-14/h1-8,10H,9H2,(H,19,21)/b18-10+. The molecule has 1 N–H and O–H groups in total. The van der Waals surface area contributed by atoms with Gasteiger partial charge in [-0.15, -0.1) is 0 Å². The van der Waals surface area contributed by atoms with E-state index in [1.165, 1.54) is 17.7 Å². The lowest BCUT2D eigenvalue weighted by Gasteiger charge is -1.99. The molecule has 0 fully saturated rings. The Labute approximate surface area is 136 Å². The van der Waals surface area contributed by atoms with Crippen LogP contribution in [-0.2, 0) is 11.2 Å². The number of nitrogens with zero attached hydrogens (tertiary/aromatic N) is 2. The average molecular weight is 330 g/mol. The van der Waals surface area contributed by atoms with Crippen LogP contribution in [0.25, 0.3) is 10.1 Å². The SMILES string of the molecule is O=C(Cc1nsc2ccccc12)N/N=C/c1ccccc1Cl. The lowest BCUT2D eigenvalue weighted by molar-refractivity contribution is -0.120. The quantitative estimate of drug-likeness (QED) is 0.587. The second-order valence-electron chi connectivity index (χ2n) is 4.62. The van der Waals surface area contributed by atoms with Gasteiger partial charge in [0, 0.05) is 16.0 Å². The van der Waals surface area contributed by atoms with Crippen LogP contribution in [0.1, 0.15) is 11.3 Å². The summed E-state index contributed by atoms with van der Waals surface area (Å²) in [5, 5.41) is 5.53. The summed E-state index contributed by atoms with van der Waals surface area (Å²) in [6.07, 6.45) is 1.73. The number of amides is 1. The van der Waals surface area contributed by atoms with Crippen LogP contribution in [-0.4, -0.2) is 16.5 Å². The maximum absolute atomic E-state index is 11.9. The monoisotopic (exact) mass is 329 g/mol. The number of rotatable bonds is 4. The minimum absolute atomic E-state index is 0.198. The van der Waals surface area contributed by atoms with E-state index in [2.05, 4.69) is 14.9 Å². The lowest BCUT2D eigenvalue weighted by atomic mass is 10.2. The second kappa shape index (κ2) is 6.68. The third kappa shape index (κ3) is 3.32. The minimum Gasteiger partial charge on any atom is -0.273 e. The number of fused-ring (bicyclic) bond motifs is 1. The molecule has 22 heavy (non-hydrogen) atoms. The number of hydrogen-bond acceptors (Lipinski definition) is 4. The Morgan fingerprint density at radius 1 is 1.23 bits per heavy atom. The van der Waals surface area contributed by atoms with Crippen molar-refractivity contribution in [1.29, 1.82) is 0 Å². The largest absolute Gasteiger partial charge is 0.273 e. The van der Waals surface area contributed by atoms with Gasteiger partial charge < -0.3 is 0 Å². The Bertz CT molecular complexity index is 844. The molecule has 1 heterocycles. The van der Waals surface area contributed by atoms with Crippen LogP contribution in [0.15, 0.2) is 53.6 Å². The van der Waals surface area contributed by atoms with Gasteiger partial charge in [-0.1, -0.05) is 48.0 Å². The van der Waals surface area contributed by atoms with Gasteiger partial charge in [0.2, 0.25) is 5.91 Å². The molecule has 0 bridgehead atoms. The molecule has 1 amide bonds. The van der Waals surface area contributed by atoms with Gasteiger partial charge in [-0.05, 0) is 23.7 Å². The summed E-state index contributed by atoms with van der Waals surface area (Å²) >= 11 is 7.40. The molecule has 3 aromatic rings. The van der Waals surface area contributed by atoms with Crippen molar-refractivity contribution in [3.63, 3.8) is 0 Å². The summed E-state index contributed by atoms with van der Waals surface area (Å²) in [6.45, 7) is 0. The molecule has 0 radical (unpaired) electrons. The summed E-state index contributed by atoms with van der Waals surface area (Å²) in [5.74, 6) is -0.209. The molecule has 2 aromatic carbocycles. The van der Waals surface area contributed by atoms with Crippen LogP contribution in [0.2, 0.25) is 5.02 Å². The number of benzene rings is 2. The molecule has 110 valence electrons. The van der Waals surface area contributed by atoms with Crippen molar-refractivity contribution in [1.82, 2.24) is 9.80 Å². The summed E-state index contributed by atoms with van der Waals surface area (Å²) in [4.78, 5) is 11.9. The van der Waals surface area contributed by atoms with Gasteiger partial charge in [0.05, 0.1) is 23.0 Å². The van der Waals surface area contributed by atoms with E-state index < -0.39 is 0 Å². The third-order valence-electron chi connectivity index (χ3n) is 3.08. The topological polar surface area (TPSA) is 54.4 Å². The minimum atomic E-state index is -0.209. The van der Waals surface area contributed by atoms with Crippen molar-refractivity contribution >= 4 is 45.3 Å². The van der Waals surface area contributed by atoms with Crippen LogP contribution >= 0.6 is 23.1 Å².